The van der Waals surface area contributed by atoms with Crippen LogP contribution < -0.4 is 4.90 Å². The van der Waals surface area contributed by atoms with Crippen molar-refractivity contribution in [3.8, 4) is 0 Å². The molecule has 0 bridgehead atoms. The Hall–Kier alpha value is -1.88. The van der Waals surface area contributed by atoms with E-state index in [0.29, 0.717) is 5.69 Å². The Balaban J connectivity index is 1.99. The maximum Gasteiger partial charge on any atom is 0.170 e. The first kappa shape index (κ1) is 12.2. The molecule has 2 unspecified atom stereocenters. The largest absolute Gasteiger partial charge is 0.393 e. The van der Waals surface area contributed by atoms with Crippen molar-refractivity contribution in [3.05, 3.63) is 30.1 Å². The van der Waals surface area contributed by atoms with Crippen molar-refractivity contribution in [1.29, 1.82) is 0 Å². The fraction of sp³-hybridized carbons (Fsp3) is 0.429. The van der Waals surface area contributed by atoms with Gasteiger partial charge in [-0.1, -0.05) is 6.07 Å². The molecule has 0 amide bonds. The van der Waals surface area contributed by atoms with E-state index < -0.39 is 0 Å². The first-order chi connectivity index (χ1) is 9.20. The van der Waals surface area contributed by atoms with E-state index in [9.17, 15) is 9.90 Å². The maximum absolute atomic E-state index is 11.3. The van der Waals surface area contributed by atoms with Gasteiger partial charge in [-0.05, 0) is 25.5 Å². The number of aliphatic hydroxyl groups is 1. The molecule has 0 radical (unpaired) electrons. The normalized spacial score (nSPS) is 20.9. The van der Waals surface area contributed by atoms with Crippen LogP contribution in [0.25, 0.3) is 5.65 Å². The van der Waals surface area contributed by atoms with Gasteiger partial charge in [0.25, 0.3) is 0 Å². The molecule has 1 N–H and O–H groups in total. The Labute approximate surface area is 111 Å². The number of aldehydes is 1. The van der Waals surface area contributed by atoms with Crippen LogP contribution in [0.2, 0.25) is 0 Å². The molecule has 100 valence electrons. The third-order valence-corrected chi connectivity index (χ3v) is 3.87. The summed E-state index contributed by atoms with van der Waals surface area (Å²) < 4.78 is 1.80. The minimum Gasteiger partial charge on any atom is -0.393 e. The monoisotopic (exact) mass is 259 g/mol. The van der Waals surface area contributed by atoms with Crippen molar-refractivity contribution in [2.75, 3.05) is 18.0 Å². The molecular weight excluding hydrogens is 242 g/mol. The number of aromatic nitrogens is 2. The molecule has 1 aliphatic rings. The van der Waals surface area contributed by atoms with Gasteiger partial charge in [0, 0.05) is 25.2 Å². The summed E-state index contributed by atoms with van der Waals surface area (Å²) in [4.78, 5) is 18.0. The smallest absolute Gasteiger partial charge is 0.170 e. The fourth-order valence-corrected chi connectivity index (χ4v) is 2.72. The molecule has 2 aromatic rings. The Morgan fingerprint density at radius 1 is 1.53 bits per heavy atom. The van der Waals surface area contributed by atoms with Crippen molar-refractivity contribution < 1.29 is 9.90 Å². The molecule has 5 nitrogen and oxygen atoms in total. The first-order valence-corrected chi connectivity index (χ1v) is 6.56. The van der Waals surface area contributed by atoms with E-state index in [1.807, 2.05) is 31.3 Å². The van der Waals surface area contributed by atoms with Gasteiger partial charge in [0.15, 0.2) is 12.1 Å². The summed E-state index contributed by atoms with van der Waals surface area (Å²) in [5.41, 5.74) is 1.36. The highest BCUT2D eigenvalue weighted by Gasteiger charge is 2.29. The lowest BCUT2D eigenvalue weighted by Gasteiger charge is -2.17. The van der Waals surface area contributed by atoms with Crippen LogP contribution in [0.1, 0.15) is 23.8 Å². The first-order valence-electron chi connectivity index (χ1n) is 6.56. The summed E-state index contributed by atoms with van der Waals surface area (Å²) in [6.07, 6.45) is 3.31. The van der Waals surface area contributed by atoms with Crippen LogP contribution in [-0.2, 0) is 0 Å². The number of anilines is 1. The number of pyridine rings is 1. The van der Waals surface area contributed by atoms with Gasteiger partial charge in [-0.15, -0.1) is 0 Å². The molecule has 1 fully saturated rings. The summed E-state index contributed by atoms with van der Waals surface area (Å²) in [6, 6.07) is 5.68. The molecular formula is C14H17N3O2. The average molecular weight is 259 g/mol. The highest BCUT2D eigenvalue weighted by Crippen LogP contribution is 2.27. The second-order valence-corrected chi connectivity index (χ2v) is 5.10. The summed E-state index contributed by atoms with van der Waals surface area (Å²) >= 11 is 0. The highest BCUT2D eigenvalue weighted by molar-refractivity contribution is 5.83. The SMILES string of the molecule is CC(O)C1CCN(c2nc3ccccn3c2C=O)C1. The second kappa shape index (κ2) is 4.66. The Kier molecular flexibility index (Phi) is 2.98. The van der Waals surface area contributed by atoms with Crippen molar-refractivity contribution in [2.24, 2.45) is 5.92 Å². The van der Waals surface area contributed by atoms with Crippen LogP contribution in [0.5, 0.6) is 0 Å². The van der Waals surface area contributed by atoms with Gasteiger partial charge in [0.05, 0.1) is 6.10 Å². The number of nitrogens with zero attached hydrogens (tertiary/aromatic N) is 3. The molecule has 5 heteroatoms. The number of fused-ring (bicyclic) bond motifs is 1. The minimum atomic E-state index is -0.318. The number of rotatable bonds is 3. The average Bonchev–Trinajstić information content (AvgIpc) is 3.02. The number of hydrogen-bond acceptors (Lipinski definition) is 4. The number of aliphatic hydroxyl groups excluding tert-OH is 1. The Morgan fingerprint density at radius 3 is 3.05 bits per heavy atom. The quantitative estimate of drug-likeness (QED) is 0.845. The lowest BCUT2D eigenvalue weighted by molar-refractivity contribution is 0.111. The number of hydrogen-bond donors (Lipinski definition) is 1. The standard InChI is InChI=1S/C14H17N3O2/c1-10(19)11-5-7-16(8-11)14-12(9-18)17-6-3-2-4-13(17)15-14/h2-4,6,9-11,19H,5,7-8H2,1H3. The molecule has 3 heterocycles. The third-order valence-electron chi connectivity index (χ3n) is 3.87. The van der Waals surface area contributed by atoms with E-state index in [1.165, 1.54) is 0 Å². The van der Waals surface area contributed by atoms with Gasteiger partial charge in [-0.25, -0.2) is 4.98 Å². The summed E-state index contributed by atoms with van der Waals surface area (Å²) in [6.45, 7) is 3.40. The molecule has 1 saturated heterocycles. The van der Waals surface area contributed by atoms with E-state index >= 15 is 0 Å². The van der Waals surface area contributed by atoms with Gasteiger partial charge >= 0.3 is 0 Å². The molecule has 0 aliphatic carbocycles. The molecule has 3 rings (SSSR count). The Morgan fingerprint density at radius 2 is 2.37 bits per heavy atom. The van der Waals surface area contributed by atoms with E-state index in [4.69, 9.17) is 0 Å². The lowest BCUT2D eigenvalue weighted by Crippen LogP contribution is -2.25. The molecule has 0 saturated carbocycles. The fourth-order valence-electron chi connectivity index (χ4n) is 2.72. The number of carbonyl (C=O) groups excluding carboxylic acids is 1. The molecule has 19 heavy (non-hydrogen) atoms. The lowest BCUT2D eigenvalue weighted by atomic mass is 10.0. The zero-order chi connectivity index (χ0) is 13.4. The van der Waals surface area contributed by atoms with Crippen LogP contribution in [0.4, 0.5) is 5.82 Å². The van der Waals surface area contributed by atoms with Gasteiger partial charge in [-0.3, -0.25) is 9.20 Å². The van der Waals surface area contributed by atoms with Crippen LogP contribution in [0.15, 0.2) is 24.4 Å². The number of carbonyl (C=O) groups is 1. The molecule has 0 spiro atoms. The maximum atomic E-state index is 11.3. The van der Waals surface area contributed by atoms with E-state index in [0.717, 1.165) is 37.3 Å². The van der Waals surface area contributed by atoms with E-state index in [-0.39, 0.29) is 12.0 Å². The van der Waals surface area contributed by atoms with Gasteiger partial charge in [0.2, 0.25) is 0 Å². The molecule has 1 aliphatic heterocycles. The van der Waals surface area contributed by atoms with Crippen molar-refractivity contribution >= 4 is 17.8 Å². The van der Waals surface area contributed by atoms with Gasteiger partial charge in [0.1, 0.15) is 11.3 Å². The van der Waals surface area contributed by atoms with Crippen LogP contribution in [0, 0.1) is 5.92 Å². The third kappa shape index (κ3) is 2.00. The van der Waals surface area contributed by atoms with Crippen LogP contribution in [0.3, 0.4) is 0 Å². The summed E-state index contributed by atoms with van der Waals surface area (Å²) in [5, 5.41) is 9.66. The van der Waals surface area contributed by atoms with E-state index in [2.05, 4.69) is 9.88 Å². The van der Waals surface area contributed by atoms with Crippen molar-refractivity contribution in [1.82, 2.24) is 9.38 Å². The van der Waals surface area contributed by atoms with Crippen molar-refractivity contribution in [3.63, 3.8) is 0 Å². The van der Waals surface area contributed by atoms with Crippen LogP contribution in [-0.4, -0.2) is 40.0 Å². The van der Waals surface area contributed by atoms with Crippen molar-refractivity contribution in [2.45, 2.75) is 19.4 Å². The van der Waals surface area contributed by atoms with Gasteiger partial charge in [-0.2, -0.15) is 0 Å². The zero-order valence-corrected chi connectivity index (χ0v) is 10.9. The second-order valence-electron chi connectivity index (χ2n) is 5.10. The Bertz CT molecular complexity index is 606. The molecule has 2 atom stereocenters. The predicted octanol–water partition coefficient (Wildman–Crippen LogP) is 1.35. The molecule has 0 aromatic carbocycles. The van der Waals surface area contributed by atoms with Crippen LogP contribution >= 0.6 is 0 Å². The summed E-state index contributed by atoms with van der Waals surface area (Å²) in [7, 11) is 0. The zero-order valence-electron chi connectivity index (χ0n) is 10.9. The number of imidazole rings is 1. The summed E-state index contributed by atoms with van der Waals surface area (Å²) in [5.74, 6) is 0.980. The minimum absolute atomic E-state index is 0.254. The highest BCUT2D eigenvalue weighted by atomic mass is 16.3. The predicted molar refractivity (Wildman–Crippen MR) is 72.6 cm³/mol. The topological polar surface area (TPSA) is 57.8 Å². The molecule has 2 aromatic heterocycles. The van der Waals surface area contributed by atoms with E-state index in [1.54, 1.807) is 4.40 Å². The van der Waals surface area contributed by atoms with Gasteiger partial charge < -0.3 is 10.0 Å².